The number of rotatable bonds is 6. The smallest absolute Gasteiger partial charge is 0.257 e. The molecule has 5 rings (SSSR count). The van der Waals surface area contributed by atoms with E-state index in [-0.39, 0.29) is 6.10 Å². The molecule has 1 aromatic carbocycles. The normalized spacial score (nSPS) is 28.8. The summed E-state index contributed by atoms with van der Waals surface area (Å²) in [7, 11) is 0. The van der Waals surface area contributed by atoms with Crippen molar-refractivity contribution in [3.05, 3.63) is 53.7 Å². The Balaban J connectivity index is 1.15. The Morgan fingerprint density at radius 1 is 1.19 bits per heavy atom. The van der Waals surface area contributed by atoms with Gasteiger partial charge in [-0.3, -0.25) is 9.62 Å². The Labute approximate surface area is 164 Å². The summed E-state index contributed by atoms with van der Waals surface area (Å²) in [6.07, 6.45) is 3.75. The molecule has 27 heavy (non-hydrogen) atoms. The molecule has 2 aromatic rings. The molecular weight excluding hydrogens is 358 g/mol. The fraction of sp³-hybridized carbons (Fsp3) is 0.476. The molecule has 0 spiro atoms. The molecular formula is C21H25N3O2S. The fourth-order valence-electron chi connectivity index (χ4n) is 4.52. The lowest BCUT2D eigenvalue weighted by Gasteiger charge is -2.26. The van der Waals surface area contributed by atoms with Gasteiger partial charge >= 0.3 is 0 Å². The molecule has 3 heterocycles. The summed E-state index contributed by atoms with van der Waals surface area (Å²) < 4.78 is 15.2. The number of pyridine rings is 1. The molecule has 1 aliphatic carbocycles. The monoisotopic (exact) mass is 383 g/mol. The largest absolute Gasteiger partial charge is 0.484 e. The Hall–Kier alpha value is -1.76. The molecule has 5 nitrogen and oxygen atoms in total. The summed E-state index contributed by atoms with van der Waals surface area (Å²) in [5, 5.41) is 0. The maximum atomic E-state index is 6.00. The summed E-state index contributed by atoms with van der Waals surface area (Å²) in [5.41, 5.74) is 2.51. The number of hydrogen-bond donors (Lipinski definition) is 1. The van der Waals surface area contributed by atoms with Crippen LogP contribution in [0.15, 0.2) is 42.6 Å². The van der Waals surface area contributed by atoms with E-state index in [9.17, 15) is 0 Å². The lowest BCUT2D eigenvalue weighted by Crippen LogP contribution is -2.26. The van der Waals surface area contributed by atoms with Crippen LogP contribution in [-0.4, -0.2) is 42.4 Å². The van der Waals surface area contributed by atoms with Gasteiger partial charge in [0.15, 0.2) is 11.9 Å². The highest BCUT2D eigenvalue weighted by Gasteiger charge is 2.54. The van der Waals surface area contributed by atoms with Gasteiger partial charge in [-0.15, -0.1) is 0 Å². The first-order valence-corrected chi connectivity index (χ1v) is 10.9. The second-order valence-corrected chi connectivity index (χ2v) is 8.40. The average molecular weight is 384 g/mol. The third-order valence-corrected chi connectivity index (χ3v) is 6.50. The summed E-state index contributed by atoms with van der Waals surface area (Å²) in [5.74, 6) is 4.02. The third-order valence-electron chi connectivity index (χ3n) is 6.05. The van der Waals surface area contributed by atoms with Gasteiger partial charge in [0, 0.05) is 32.4 Å². The van der Waals surface area contributed by atoms with Crippen LogP contribution >= 0.6 is 11.9 Å². The lowest BCUT2D eigenvalue weighted by molar-refractivity contribution is 0.0851. The SMILES string of the molecule is CSNCC1C2CN(Cc3ccc(C4COc5cccnc5O4)cc3)CC12. The first-order chi connectivity index (χ1) is 13.3. The van der Waals surface area contributed by atoms with Gasteiger partial charge in [0.05, 0.1) is 0 Å². The number of nitrogens with zero attached hydrogens (tertiary/aromatic N) is 2. The molecule has 1 N–H and O–H groups in total. The van der Waals surface area contributed by atoms with Gasteiger partial charge in [-0.1, -0.05) is 36.2 Å². The van der Waals surface area contributed by atoms with Gasteiger partial charge in [0.1, 0.15) is 6.61 Å². The molecule has 0 bridgehead atoms. The zero-order valence-electron chi connectivity index (χ0n) is 15.5. The Kier molecular flexibility index (Phi) is 4.71. The maximum absolute atomic E-state index is 6.00. The van der Waals surface area contributed by atoms with E-state index in [0.717, 1.165) is 35.6 Å². The topological polar surface area (TPSA) is 46.6 Å². The van der Waals surface area contributed by atoms with Crippen LogP contribution < -0.4 is 14.2 Å². The molecule has 142 valence electrons. The van der Waals surface area contributed by atoms with Crippen LogP contribution in [0.3, 0.4) is 0 Å². The summed E-state index contributed by atoms with van der Waals surface area (Å²) >= 11 is 1.73. The lowest BCUT2D eigenvalue weighted by atomic mass is 10.1. The number of benzene rings is 1. The van der Waals surface area contributed by atoms with Gasteiger partial charge in [0.25, 0.3) is 5.88 Å². The van der Waals surface area contributed by atoms with E-state index in [1.165, 1.54) is 25.2 Å². The van der Waals surface area contributed by atoms with Crippen LogP contribution in [0.5, 0.6) is 11.6 Å². The first kappa shape index (κ1) is 17.3. The summed E-state index contributed by atoms with van der Waals surface area (Å²) in [4.78, 5) is 6.85. The minimum absolute atomic E-state index is 0.0921. The second-order valence-electron chi connectivity index (χ2n) is 7.70. The average Bonchev–Trinajstić information content (AvgIpc) is 3.17. The Morgan fingerprint density at radius 3 is 2.78 bits per heavy atom. The highest BCUT2D eigenvalue weighted by atomic mass is 32.2. The standard InChI is InChI=1S/C21H25N3O2S/c1-27-23-9-16-17-11-24(12-18(16)17)10-14-4-6-15(7-5-14)20-13-25-19-3-2-8-22-21(19)26-20/h2-8,16-18,20,23H,9-13H2,1H3. The molecule has 6 heteroatoms. The molecule has 1 saturated carbocycles. The van der Waals surface area contributed by atoms with Crippen molar-refractivity contribution in [1.29, 1.82) is 0 Å². The quantitative estimate of drug-likeness (QED) is 0.774. The molecule has 2 aliphatic heterocycles. The van der Waals surface area contributed by atoms with Crippen LogP contribution in [0.2, 0.25) is 0 Å². The van der Waals surface area contributed by atoms with Crippen molar-refractivity contribution < 1.29 is 9.47 Å². The van der Waals surface area contributed by atoms with Gasteiger partial charge in [-0.25, -0.2) is 4.98 Å². The van der Waals surface area contributed by atoms with E-state index in [1.807, 2.05) is 12.1 Å². The maximum Gasteiger partial charge on any atom is 0.257 e. The summed E-state index contributed by atoms with van der Waals surface area (Å²) in [6.45, 7) is 5.23. The van der Waals surface area contributed by atoms with Crippen molar-refractivity contribution >= 4 is 11.9 Å². The van der Waals surface area contributed by atoms with Crippen molar-refractivity contribution in [3.63, 3.8) is 0 Å². The van der Waals surface area contributed by atoms with Crippen LogP contribution in [0.1, 0.15) is 17.2 Å². The molecule has 3 aliphatic rings. The highest BCUT2D eigenvalue weighted by molar-refractivity contribution is 7.96. The number of ether oxygens (including phenoxy) is 2. The van der Waals surface area contributed by atoms with Crippen molar-refractivity contribution in [3.8, 4) is 11.6 Å². The molecule has 3 atom stereocenters. The number of piperidine rings is 1. The van der Waals surface area contributed by atoms with Crippen LogP contribution in [0.4, 0.5) is 0 Å². The minimum atomic E-state index is -0.0921. The number of aromatic nitrogens is 1. The van der Waals surface area contributed by atoms with Gasteiger partial charge in [-0.2, -0.15) is 0 Å². The van der Waals surface area contributed by atoms with Gasteiger partial charge < -0.3 is 9.47 Å². The number of fused-ring (bicyclic) bond motifs is 2. The molecule has 3 unspecified atom stereocenters. The van der Waals surface area contributed by atoms with Gasteiger partial charge in [0.2, 0.25) is 0 Å². The highest BCUT2D eigenvalue weighted by Crippen LogP contribution is 2.51. The van der Waals surface area contributed by atoms with Crippen molar-refractivity contribution in [2.75, 3.05) is 32.5 Å². The second kappa shape index (κ2) is 7.34. The molecule has 0 amide bonds. The minimum Gasteiger partial charge on any atom is -0.484 e. The van der Waals surface area contributed by atoms with Crippen LogP contribution in [0, 0.1) is 17.8 Å². The van der Waals surface area contributed by atoms with E-state index in [4.69, 9.17) is 9.47 Å². The fourth-order valence-corrected chi connectivity index (χ4v) is 4.88. The van der Waals surface area contributed by atoms with E-state index in [1.54, 1.807) is 18.1 Å². The van der Waals surface area contributed by atoms with Crippen molar-refractivity contribution in [1.82, 2.24) is 14.6 Å². The molecule has 1 aromatic heterocycles. The molecule has 0 radical (unpaired) electrons. The Morgan fingerprint density at radius 2 is 2.00 bits per heavy atom. The van der Waals surface area contributed by atoms with E-state index in [0.29, 0.717) is 12.5 Å². The Bertz CT molecular complexity index is 788. The van der Waals surface area contributed by atoms with Crippen molar-refractivity contribution in [2.24, 2.45) is 17.8 Å². The predicted octanol–water partition coefficient (Wildman–Crippen LogP) is 3.14. The number of hydrogen-bond acceptors (Lipinski definition) is 6. The third kappa shape index (κ3) is 3.53. The first-order valence-electron chi connectivity index (χ1n) is 9.63. The zero-order chi connectivity index (χ0) is 18.2. The van der Waals surface area contributed by atoms with Gasteiger partial charge in [-0.05, 0) is 47.3 Å². The van der Waals surface area contributed by atoms with E-state index in [2.05, 4.69) is 45.1 Å². The molecule has 1 saturated heterocycles. The van der Waals surface area contributed by atoms with Crippen LogP contribution in [-0.2, 0) is 6.54 Å². The number of nitrogens with one attached hydrogen (secondary N) is 1. The summed E-state index contributed by atoms with van der Waals surface area (Å²) in [6, 6.07) is 12.5. The van der Waals surface area contributed by atoms with Crippen LogP contribution in [0.25, 0.3) is 0 Å². The van der Waals surface area contributed by atoms with E-state index < -0.39 is 0 Å². The van der Waals surface area contributed by atoms with E-state index >= 15 is 0 Å². The van der Waals surface area contributed by atoms with Crippen molar-refractivity contribution in [2.45, 2.75) is 12.6 Å². The number of likely N-dealkylation sites (tertiary alicyclic amines) is 1. The zero-order valence-corrected chi connectivity index (χ0v) is 16.3. The predicted molar refractivity (Wildman–Crippen MR) is 107 cm³/mol. The molecule has 2 fully saturated rings.